The van der Waals surface area contributed by atoms with Crippen molar-refractivity contribution in [2.75, 3.05) is 13.1 Å². The van der Waals surface area contributed by atoms with Crippen LogP contribution in [-0.4, -0.2) is 27.9 Å². The van der Waals surface area contributed by atoms with E-state index in [2.05, 4.69) is 10.3 Å². The lowest BCUT2D eigenvalue weighted by Gasteiger charge is -2.30. The summed E-state index contributed by atoms with van der Waals surface area (Å²) in [4.78, 5) is 16.1. The minimum absolute atomic E-state index is 0.427. The Bertz CT molecular complexity index is 419. The summed E-state index contributed by atoms with van der Waals surface area (Å²) in [5.74, 6) is 0.574. The average molecular weight is 234 g/mol. The highest BCUT2D eigenvalue weighted by Gasteiger charge is 2.17. The number of nitro groups is 1. The highest BCUT2D eigenvalue weighted by molar-refractivity contribution is 5.11. The fourth-order valence-electron chi connectivity index (χ4n) is 1.82. The highest BCUT2D eigenvalue weighted by Crippen LogP contribution is 2.12. The van der Waals surface area contributed by atoms with Crippen LogP contribution >= 0.6 is 0 Å². The summed E-state index contributed by atoms with van der Waals surface area (Å²) in [6, 6.07) is 3.83. The quantitative estimate of drug-likeness (QED) is 0.623. The molecule has 6 heteroatoms. The van der Waals surface area contributed by atoms with Gasteiger partial charge in [0.2, 0.25) is 0 Å². The second-order valence-electron chi connectivity index (χ2n) is 3.86. The summed E-state index contributed by atoms with van der Waals surface area (Å²) in [6.07, 6.45) is 5.49. The van der Waals surface area contributed by atoms with Crippen molar-refractivity contribution in [1.82, 2.24) is 15.2 Å². The molecule has 2 rings (SSSR count). The van der Waals surface area contributed by atoms with Gasteiger partial charge in [-0.05, 0) is 18.1 Å². The van der Waals surface area contributed by atoms with Gasteiger partial charge in [-0.2, -0.15) is 0 Å². The van der Waals surface area contributed by atoms with Crippen molar-refractivity contribution in [1.29, 1.82) is 0 Å². The summed E-state index contributed by atoms with van der Waals surface area (Å²) in [7, 11) is 0. The third-order valence-corrected chi connectivity index (χ3v) is 2.58. The van der Waals surface area contributed by atoms with Gasteiger partial charge in [-0.3, -0.25) is 15.1 Å². The van der Waals surface area contributed by atoms with Crippen LogP contribution in [0.4, 0.5) is 0 Å². The van der Waals surface area contributed by atoms with E-state index in [0.29, 0.717) is 12.4 Å². The Morgan fingerprint density at radius 3 is 3.24 bits per heavy atom. The topological polar surface area (TPSA) is 71.3 Å². The Morgan fingerprint density at radius 1 is 1.65 bits per heavy atom. The summed E-state index contributed by atoms with van der Waals surface area (Å²) in [5.41, 5.74) is 1.05. The number of nitrogens with one attached hydrogen (secondary N) is 1. The number of pyridine rings is 1. The molecule has 1 saturated heterocycles. The smallest absolute Gasteiger partial charge is 0.274 e. The molecule has 1 N–H and O–H groups in total. The van der Waals surface area contributed by atoms with Crippen LogP contribution in [0.5, 0.6) is 0 Å². The molecule has 0 unspecified atom stereocenters. The normalized spacial score (nSPS) is 17.9. The van der Waals surface area contributed by atoms with Crippen molar-refractivity contribution in [2.24, 2.45) is 0 Å². The first-order valence-electron chi connectivity index (χ1n) is 5.49. The second kappa shape index (κ2) is 5.29. The van der Waals surface area contributed by atoms with E-state index in [0.717, 1.165) is 31.3 Å². The molecule has 1 aliphatic heterocycles. The molecule has 1 aromatic rings. The van der Waals surface area contributed by atoms with Gasteiger partial charge < -0.3 is 10.2 Å². The van der Waals surface area contributed by atoms with Crippen LogP contribution in [0.15, 0.2) is 36.5 Å². The Morgan fingerprint density at radius 2 is 2.53 bits per heavy atom. The molecule has 1 aliphatic rings. The third-order valence-electron chi connectivity index (χ3n) is 2.58. The SMILES string of the molecule is O=[N+]([O-])C=C1NCCCN1Cc1cccnc1. The van der Waals surface area contributed by atoms with E-state index in [1.807, 2.05) is 17.0 Å². The van der Waals surface area contributed by atoms with Crippen LogP contribution in [0.3, 0.4) is 0 Å². The first kappa shape index (κ1) is 11.4. The van der Waals surface area contributed by atoms with Gasteiger partial charge in [0.1, 0.15) is 0 Å². The maximum Gasteiger partial charge on any atom is 0.274 e. The molecule has 1 fully saturated rings. The van der Waals surface area contributed by atoms with Gasteiger partial charge in [0.05, 0.1) is 4.92 Å². The molecule has 90 valence electrons. The van der Waals surface area contributed by atoms with Gasteiger partial charge >= 0.3 is 0 Å². The van der Waals surface area contributed by atoms with E-state index in [1.54, 1.807) is 12.4 Å². The number of hydrogen-bond acceptors (Lipinski definition) is 5. The lowest BCUT2D eigenvalue weighted by Crippen LogP contribution is -2.39. The molecule has 0 bridgehead atoms. The maximum absolute atomic E-state index is 10.5. The first-order chi connectivity index (χ1) is 8.25. The molecule has 0 radical (unpaired) electrons. The lowest BCUT2D eigenvalue weighted by atomic mass is 10.2. The second-order valence-corrected chi connectivity index (χ2v) is 3.86. The Balaban J connectivity index is 2.09. The zero-order chi connectivity index (χ0) is 12.1. The third kappa shape index (κ3) is 3.17. The van der Waals surface area contributed by atoms with Crippen LogP contribution in [-0.2, 0) is 6.54 Å². The molecule has 0 atom stereocenters. The standard InChI is InChI=1S/C11H14N4O2/c16-15(17)9-11-13-5-2-6-14(11)8-10-3-1-4-12-7-10/h1,3-4,7,9,13H,2,5-6,8H2. The van der Waals surface area contributed by atoms with E-state index in [9.17, 15) is 10.1 Å². The number of aromatic nitrogens is 1. The molecule has 2 heterocycles. The fourth-order valence-corrected chi connectivity index (χ4v) is 1.82. The molecule has 0 spiro atoms. The molecule has 17 heavy (non-hydrogen) atoms. The van der Waals surface area contributed by atoms with Crippen molar-refractivity contribution in [3.63, 3.8) is 0 Å². The lowest BCUT2D eigenvalue weighted by molar-refractivity contribution is -0.405. The van der Waals surface area contributed by atoms with Crippen LogP contribution < -0.4 is 5.32 Å². The summed E-state index contributed by atoms with van der Waals surface area (Å²) < 4.78 is 0. The first-order valence-corrected chi connectivity index (χ1v) is 5.49. The van der Waals surface area contributed by atoms with Gasteiger partial charge in [0.25, 0.3) is 6.20 Å². The van der Waals surface area contributed by atoms with Gasteiger partial charge in [-0.1, -0.05) is 6.07 Å². The molecule has 0 aliphatic carbocycles. The van der Waals surface area contributed by atoms with Gasteiger partial charge in [-0.25, -0.2) is 0 Å². The molecule has 1 aromatic heterocycles. The molecule has 0 amide bonds. The predicted octanol–water partition coefficient (Wildman–Crippen LogP) is 0.952. The van der Waals surface area contributed by atoms with E-state index in [-0.39, 0.29) is 0 Å². The van der Waals surface area contributed by atoms with Gasteiger partial charge in [0.15, 0.2) is 5.82 Å². The highest BCUT2D eigenvalue weighted by atomic mass is 16.6. The Labute approximate surface area is 99.1 Å². The minimum atomic E-state index is -0.427. The van der Waals surface area contributed by atoms with Crippen molar-refractivity contribution in [3.05, 3.63) is 52.2 Å². The predicted molar refractivity (Wildman–Crippen MR) is 62.3 cm³/mol. The molecular weight excluding hydrogens is 220 g/mol. The van der Waals surface area contributed by atoms with Crippen molar-refractivity contribution in [3.8, 4) is 0 Å². The molecular formula is C11H14N4O2. The van der Waals surface area contributed by atoms with Crippen LogP contribution in [0.1, 0.15) is 12.0 Å². The number of rotatable bonds is 3. The van der Waals surface area contributed by atoms with Crippen LogP contribution in [0.2, 0.25) is 0 Å². The fraction of sp³-hybridized carbons (Fsp3) is 0.364. The largest absolute Gasteiger partial charge is 0.367 e. The number of hydrogen-bond donors (Lipinski definition) is 1. The molecule has 0 aromatic carbocycles. The van der Waals surface area contributed by atoms with Gasteiger partial charge in [-0.15, -0.1) is 0 Å². The Hall–Kier alpha value is -2.11. The number of nitrogens with zero attached hydrogens (tertiary/aromatic N) is 3. The summed E-state index contributed by atoms with van der Waals surface area (Å²) in [6.45, 7) is 2.24. The molecule has 0 saturated carbocycles. The van der Waals surface area contributed by atoms with E-state index in [1.165, 1.54) is 0 Å². The zero-order valence-corrected chi connectivity index (χ0v) is 9.37. The van der Waals surface area contributed by atoms with E-state index in [4.69, 9.17) is 0 Å². The summed E-state index contributed by atoms with van der Waals surface area (Å²) in [5, 5.41) is 13.6. The minimum Gasteiger partial charge on any atom is -0.367 e. The van der Waals surface area contributed by atoms with Crippen molar-refractivity contribution >= 4 is 0 Å². The van der Waals surface area contributed by atoms with Crippen LogP contribution in [0.25, 0.3) is 0 Å². The molecule has 6 nitrogen and oxygen atoms in total. The van der Waals surface area contributed by atoms with E-state index < -0.39 is 4.92 Å². The monoisotopic (exact) mass is 234 g/mol. The van der Waals surface area contributed by atoms with Crippen molar-refractivity contribution < 1.29 is 4.92 Å². The summed E-state index contributed by atoms with van der Waals surface area (Å²) >= 11 is 0. The zero-order valence-electron chi connectivity index (χ0n) is 9.37. The van der Waals surface area contributed by atoms with Crippen LogP contribution in [0, 0.1) is 10.1 Å². The van der Waals surface area contributed by atoms with E-state index >= 15 is 0 Å². The van der Waals surface area contributed by atoms with Gasteiger partial charge in [0, 0.05) is 32.0 Å². The maximum atomic E-state index is 10.5. The van der Waals surface area contributed by atoms with Crippen molar-refractivity contribution in [2.45, 2.75) is 13.0 Å². The Kier molecular flexibility index (Phi) is 3.54. The average Bonchev–Trinajstić information content (AvgIpc) is 2.32.